The maximum Gasteiger partial charge on any atom is 0.318 e. The molecule has 0 radical (unpaired) electrons. The lowest BCUT2D eigenvalue weighted by Gasteiger charge is -2.21. The van der Waals surface area contributed by atoms with Crippen LogP contribution in [0.4, 0.5) is 4.79 Å². The number of hydrogen-bond donors (Lipinski definition) is 2. The van der Waals surface area contributed by atoms with Gasteiger partial charge in [0, 0.05) is 19.5 Å². The molecule has 1 atom stereocenters. The average Bonchev–Trinajstić information content (AvgIpc) is 3.19. The van der Waals surface area contributed by atoms with Crippen LogP contribution in [-0.4, -0.2) is 41.6 Å². The zero-order valence-electron chi connectivity index (χ0n) is 12.1. The molecule has 0 bridgehead atoms. The fourth-order valence-electron chi connectivity index (χ4n) is 1.99. The molecule has 5 heteroatoms. The number of rotatable bonds is 9. The molecule has 0 aromatic rings. The van der Waals surface area contributed by atoms with E-state index in [1.807, 2.05) is 6.92 Å². The Balaban J connectivity index is 2.19. The molecule has 0 aromatic heterocycles. The number of carboxylic acids is 1. The van der Waals surface area contributed by atoms with E-state index < -0.39 is 5.97 Å². The van der Waals surface area contributed by atoms with Crippen LogP contribution in [-0.2, 0) is 4.79 Å². The standard InChI is InChI=1S/C15H24N2O3/c1-3-10-17(11-13-5-6-13)15(20)16-9-8-12(2)4-7-14(18)19/h1,12-13H,4-11H2,2H3,(H,16,20)(H,18,19). The number of nitrogens with zero attached hydrogens (tertiary/aromatic N) is 1. The molecule has 1 fully saturated rings. The van der Waals surface area contributed by atoms with Gasteiger partial charge in [0.15, 0.2) is 0 Å². The van der Waals surface area contributed by atoms with Gasteiger partial charge < -0.3 is 15.3 Å². The Morgan fingerprint density at radius 1 is 1.45 bits per heavy atom. The summed E-state index contributed by atoms with van der Waals surface area (Å²) in [6.45, 7) is 3.64. The van der Waals surface area contributed by atoms with Gasteiger partial charge in [-0.2, -0.15) is 0 Å². The molecular weight excluding hydrogens is 256 g/mol. The smallest absolute Gasteiger partial charge is 0.318 e. The van der Waals surface area contributed by atoms with E-state index in [1.54, 1.807) is 4.90 Å². The van der Waals surface area contributed by atoms with Gasteiger partial charge >= 0.3 is 12.0 Å². The van der Waals surface area contributed by atoms with Crippen LogP contribution >= 0.6 is 0 Å². The third-order valence-corrected chi connectivity index (χ3v) is 3.51. The molecule has 20 heavy (non-hydrogen) atoms. The summed E-state index contributed by atoms with van der Waals surface area (Å²) in [4.78, 5) is 24.1. The molecule has 1 aliphatic carbocycles. The largest absolute Gasteiger partial charge is 0.481 e. The van der Waals surface area contributed by atoms with Crippen molar-refractivity contribution in [3.63, 3.8) is 0 Å². The topological polar surface area (TPSA) is 69.6 Å². The summed E-state index contributed by atoms with van der Waals surface area (Å²) in [6.07, 6.45) is 9.25. The summed E-state index contributed by atoms with van der Waals surface area (Å²) >= 11 is 0. The molecule has 0 heterocycles. The number of nitrogens with one attached hydrogen (secondary N) is 1. The molecule has 0 aromatic carbocycles. The highest BCUT2D eigenvalue weighted by atomic mass is 16.4. The normalized spacial score (nSPS) is 15.2. The molecule has 1 rings (SSSR count). The van der Waals surface area contributed by atoms with Crippen molar-refractivity contribution in [3.8, 4) is 12.3 Å². The van der Waals surface area contributed by atoms with Crippen LogP contribution in [0.5, 0.6) is 0 Å². The highest BCUT2D eigenvalue weighted by molar-refractivity contribution is 5.74. The monoisotopic (exact) mass is 280 g/mol. The minimum atomic E-state index is -0.773. The Hall–Kier alpha value is -1.70. The van der Waals surface area contributed by atoms with E-state index in [2.05, 4.69) is 11.2 Å². The highest BCUT2D eigenvalue weighted by Gasteiger charge is 2.26. The van der Waals surface area contributed by atoms with Crippen LogP contribution in [0, 0.1) is 24.2 Å². The second-order valence-corrected chi connectivity index (χ2v) is 5.59. The van der Waals surface area contributed by atoms with E-state index >= 15 is 0 Å². The zero-order chi connectivity index (χ0) is 15.0. The van der Waals surface area contributed by atoms with Gasteiger partial charge in [-0.15, -0.1) is 6.42 Å². The first-order valence-corrected chi connectivity index (χ1v) is 7.21. The average molecular weight is 280 g/mol. The molecule has 1 saturated carbocycles. The van der Waals surface area contributed by atoms with E-state index in [1.165, 1.54) is 12.8 Å². The van der Waals surface area contributed by atoms with Gasteiger partial charge in [0.05, 0.1) is 6.54 Å². The summed E-state index contributed by atoms with van der Waals surface area (Å²) in [5.41, 5.74) is 0. The number of carboxylic acid groups (broad SMARTS) is 1. The number of aliphatic carboxylic acids is 1. The van der Waals surface area contributed by atoms with Crippen molar-refractivity contribution in [3.05, 3.63) is 0 Å². The van der Waals surface area contributed by atoms with Crippen molar-refractivity contribution in [2.45, 2.75) is 39.0 Å². The van der Waals surface area contributed by atoms with E-state index in [9.17, 15) is 9.59 Å². The third kappa shape index (κ3) is 7.03. The van der Waals surface area contributed by atoms with Crippen LogP contribution in [0.2, 0.25) is 0 Å². The number of hydrogen-bond acceptors (Lipinski definition) is 2. The van der Waals surface area contributed by atoms with Crippen molar-refractivity contribution < 1.29 is 14.7 Å². The van der Waals surface area contributed by atoms with Gasteiger partial charge in [0.2, 0.25) is 0 Å². The fourth-order valence-corrected chi connectivity index (χ4v) is 1.99. The SMILES string of the molecule is C#CCN(CC1CC1)C(=O)NCCC(C)CCC(=O)O. The maximum atomic E-state index is 12.0. The zero-order valence-corrected chi connectivity index (χ0v) is 12.1. The summed E-state index contributed by atoms with van der Waals surface area (Å²) in [5, 5.41) is 11.5. The number of carbonyl (C=O) groups excluding carboxylic acids is 1. The lowest BCUT2D eigenvalue weighted by atomic mass is 10.0. The maximum absolute atomic E-state index is 12.0. The first-order chi connectivity index (χ1) is 9.52. The van der Waals surface area contributed by atoms with Crippen molar-refractivity contribution >= 4 is 12.0 Å². The lowest BCUT2D eigenvalue weighted by molar-refractivity contribution is -0.137. The van der Waals surface area contributed by atoms with Crippen LogP contribution in [0.1, 0.15) is 39.0 Å². The van der Waals surface area contributed by atoms with Gasteiger partial charge in [-0.25, -0.2) is 4.79 Å². The predicted molar refractivity (Wildman–Crippen MR) is 77.2 cm³/mol. The van der Waals surface area contributed by atoms with Crippen molar-refractivity contribution in [1.82, 2.24) is 10.2 Å². The Labute approximate surface area is 120 Å². The summed E-state index contributed by atoms with van der Waals surface area (Å²) in [5.74, 6) is 2.64. The van der Waals surface area contributed by atoms with E-state index in [0.29, 0.717) is 25.4 Å². The van der Waals surface area contributed by atoms with Gasteiger partial charge in [0.25, 0.3) is 0 Å². The van der Waals surface area contributed by atoms with Crippen LogP contribution in [0.15, 0.2) is 0 Å². The van der Waals surface area contributed by atoms with Gasteiger partial charge in [-0.1, -0.05) is 12.8 Å². The third-order valence-electron chi connectivity index (χ3n) is 3.51. The summed E-state index contributed by atoms with van der Waals surface area (Å²) in [7, 11) is 0. The van der Waals surface area contributed by atoms with Gasteiger partial charge in [-0.3, -0.25) is 4.79 Å². The highest BCUT2D eigenvalue weighted by Crippen LogP contribution is 2.29. The Bertz CT molecular complexity index is 372. The number of carbonyl (C=O) groups is 2. The van der Waals surface area contributed by atoms with Crippen LogP contribution in [0.3, 0.4) is 0 Å². The number of amides is 2. The molecule has 5 nitrogen and oxygen atoms in total. The van der Waals surface area contributed by atoms with Gasteiger partial charge in [0.1, 0.15) is 0 Å². The first-order valence-electron chi connectivity index (χ1n) is 7.21. The minimum Gasteiger partial charge on any atom is -0.481 e. The number of urea groups is 1. The predicted octanol–water partition coefficient (Wildman–Crippen LogP) is 1.93. The molecule has 1 unspecified atom stereocenters. The molecule has 0 aliphatic heterocycles. The molecule has 0 saturated heterocycles. The molecular formula is C15H24N2O3. The summed E-state index contributed by atoms with van der Waals surface area (Å²) in [6, 6.07) is -0.111. The Kier molecular flexibility index (Phi) is 6.92. The van der Waals surface area contributed by atoms with Crippen LogP contribution in [0.25, 0.3) is 0 Å². The van der Waals surface area contributed by atoms with E-state index in [4.69, 9.17) is 11.5 Å². The first kappa shape index (κ1) is 16.4. The molecule has 0 spiro atoms. The fraction of sp³-hybridized carbons (Fsp3) is 0.733. The van der Waals surface area contributed by atoms with Crippen LogP contribution < -0.4 is 5.32 Å². The van der Waals surface area contributed by atoms with Crippen molar-refractivity contribution in [2.75, 3.05) is 19.6 Å². The number of terminal acetylenes is 1. The second kappa shape index (κ2) is 8.47. The Morgan fingerprint density at radius 2 is 2.15 bits per heavy atom. The van der Waals surface area contributed by atoms with E-state index in [0.717, 1.165) is 13.0 Å². The molecule has 1 aliphatic rings. The molecule has 2 N–H and O–H groups in total. The van der Waals surface area contributed by atoms with E-state index in [-0.39, 0.29) is 18.4 Å². The Morgan fingerprint density at radius 3 is 2.70 bits per heavy atom. The van der Waals surface area contributed by atoms with Crippen molar-refractivity contribution in [1.29, 1.82) is 0 Å². The lowest BCUT2D eigenvalue weighted by Crippen LogP contribution is -2.42. The summed E-state index contributed by atoms with van der Waals surface area (Å²) < 4.78 is 0. The van der Waals surface area contributed by atoms with Gasteiger partial charge in [-0.05, 0) is 37.5 Å². The molecule has 2 amide bonds. The quantitative estimate of drug-likeness (QED) is 0.634. The minimum absolute atomic E-state index is 0.111. The molecule has 112 valence electrons. The second-order valence-electron chi connectivity index (χ2n) is 5.59. The van der Waals surface area contributed by atoms with Crippen molar-refractivity contribution in [2.24, 2.45) is 11.8 Å².